The summed E-state index contributed by atoms with van der Waals surface area (Å²) in [4.78, 5) is 25.5. The van der Waals surface area contributed by atoms with Gasteiger partial charge in [0, 0.05) is 32.1 Å². The van der Waals surface area contributed by atoms with Crippen molar-refractivity contribution in [2.24, 2.45) is 11.8 Å². The van der Waals surface area contributed by atoms with Gasteiger partial charge in [0.05, 0.1) is 11.9 Å². The fraction of sp³-hybridized carbons (Fsp3) is 0.688. The summed E-state index contributed by atoms with van der Waals surface area (Å²) < 4.78 is 0. The van der Waals surface area contributed by atoms with E-state index in [0.717, 1.165) is 44.6 Å². The Bertz CT molecular complexity index is 541. The lowest BCUT2D eigenvalue weighted by molar-refractivity contribution is -0.122. The van der Waals surface area contributed by atoms with E-state index in [-0.39, 0.29) is 11.5 Å². The number of hydrogen-bond donors (Lipinski definition) is 2. The topological polar surface area (TPSA) is 78.1 Å². The molecule has 1 aliphatic rings. The molecule has 0 aromatic carbocycles. The van der Waals surface area contributed by atoms with Gasteiger partial charge in [-0.25, -0.2) is 5.10 Å². The highest BCUT2D eigenvalue weighted by Gasteiger charge is 2.22. The van der Waals surface area contributed by atoms with Crippen LogP contribution < -0.4 is 15.8 Å². The van der Waals surface area contributed by atoms with Crippen LogP contribution in [0.3, 0.4) is 0 Å². The maximum atomic E-state index is 12.0. The summed E-state index contributed by atoms with van der Waals surface area (Å²) in [6.07, 6.45) is 5.35. The minimum atomic E-state index is -0.189. The number of hydrogen-bond acceptors (Lipinski definition) is 4. The van der Waals surface area contributed by atoms with E-state index in [0.29, 0.717) is 18.3 Å². The third-order valence-electron chi connectivity index (χ3n) is 4.05. The van der Waals surface area contributed by atoms with Gasteiger partial charge in [-0.15, -0.1) is 0 Å². The minimum Gasteiger partial charge on any atom is -0.370 e. The number of aromatic nitrogens is 2. The maximum absolute atomic E-state index is 12.0. The number of rotatable bonds is 6. The van der Waals surface area contributed by atoms with Gasteiger partial charge in [-0.2, -0.15) is 5.10 Å². The smallest absolute Gasteiger partial charge is 0.266 e. The highest BCUT2D eigenvalue weighted by atomic mass is 16.1. The molecule has 1 atom stereocenters. The molecule has 1 unspecified atom stereocenters. The molecule has 2 rings (SSSR count). The van der Waals surface area contributed by atoms with Crippen LogP contribution in [0.1, 0.15) is 39.5 Å². The lowest BCUT2D eigenvalue weighted by Crippen LogP contribution is -2.38. The summed E-state index contributed by atoms with van der Waals surface area (Å²) in [6, 6.07) is 1.57. The van der Waals surface area contributed by atoms with Gasteiger partial charge in [-0.1, -0.05) is 13.8 Å². The number of aromatic amines is 1. The van der Waals surface area contributed by atoms with Gasteiger partial charge < -0.3 is 10.2 Å². The second-order valence-corrected chi connectivity index (χ2v) is 6.49. The molecule has 1 aliphatic heterocycles. The fourth-order valence-corrected chi connectivity index (χ4v) is 2.84. The van der Waals surface area contributed by atoms with E-state index in [1.807, 2.05) is 0 Å². The van der Waals surface area contributed by atoms with Gasteiger partial charge in [-0.05, 0) is 31.1 Å². The Morgan fingerprint density at radius 3 is 3.09 bits per heavy atom. The van der Waals surface area contributed by atoms with E-state index < -0.39 is 0 Å². The normalized spacial score (nSPS) is 18.5. The van der Waals surface area contributed by atoms with E-state index >= 15 is 0 Å². The first kappa shape index (κ1) is 16.5. The number of amides is 1. The molecule has 22 heavy (non-hydrogen) atoms. The second kappa shape index (κ2) is 7.96. The first-order valence-corrected chi connectivity index (χ1v) is 8.11. The summed E-state index contributed by atoms with van der Waals surface area (Å²) >= 11 is 0. The van der Waals surface area contributed by atoms with Gasteiger partial charge in [0.15, 0.2) is 0 Å². The highest BCUT2D eigenvalue weighted by Crippen LogP contribution is 2.23. The van der Waals surface area contributed by atoms with Crippen molar-refractivity contribution in [2.45, 2.75) is 39.5 Å². The van der Waals surface area contributed by atoms with Crippen molar-refractivity contribution in [3.05, 3.63) is 22.6 Å². The van der Waals surface area contributed by atoms with Crippen molar-refractivity contribution in [1.82, 2.24) is 15.5 Å². The lowest BCUT2D eigenvalue weighted by atomic mass is 9.94. The van der Waals surface area contributed by atoms with Crippen LogP contribution in [0.25, 0.3) is 0 Å². The number of carbonyl (C=O) groups excluding carboxylic acids is 1. The Morgan fingerprint density at radius 1 is 1.55 bits per heavy atom. The SMILES string of the molecule is CC(C)CCNC(=O)CC1CCCN(c2cn[nH]c(=O)c2)C1. The molecule has 6 nitrogen and oxygen atoms in total. The number of nitrogens with zero attached hydrogens (tertiary/aromatic N) is 2. The van der Waals surface area contributed by atoms with E-state index in [9.17, 15) is 9.59 Å². The average molecular weight is 306 g/mol. The Hall–Kier alpha value is -1.85. The molecule has 1 fully saturated rings. The minimum absolute atomic E-state index is 0.136. The predicted octanol–water partition coefficient (Wildman–Crippen LogP) is 1.54. The molecule has 1 saturated heterocycles. The van der Waals surface area contributed by atoms with Crippen molar-refractivity contribution >= 4 is 11.6 Å². The molecular weight excluding hydrogens is 280 g/mol. The molecule has 1 aromatic rings. The zero-order chi connectivity index (χ0) is 15.9. The molecule has 0 bridgehead atoms. The molecule has 2 heterocycles. The molecule has 0 aliphatic carbocycles. The third kappa shape index (κ3) is 5.16. The number of H-pyrrole nitrogens is 1. The number of carbonyl (C=O) groups is 1. The van der Waals surface area contributed by atoms with Crippen LogP contribution in [0, 0.1) is 11.8 Å². The zero-order valence-corrected chi connectivity index (χ0v) is 13.5. The lowest BCUT2D eigenvalue weighted by Gasteiger charge is -2.33. The number of piperidine rings is 1. The van der Waals surface area contributed by atoms with Gasteiger partial charge in [0.1, 0.15) is 0 Å². The van der Waals surface area contributed by atoms with Crippen molar-refractivity contribution < 1.29 is 4.79 Å². The molecule has 1 amide bonds. The first-order valence-electron chi connectivity index (χ1n) is 8.11. The fourth-order valence-electron chi connectivity index (χ4n) is 2.84. The van der Waals surface area contributed by atoms with E-state index in [1.54, 1.807) is 12.3 Å². The van der Waals surface area contributed by atoms with Crippen molar-refractivity contribution in [3.63, 3.8) is 0 Å². The maximum Gasteiger partial charge on any atom is 0.266 e. The third-order valence-corrected chi connectivity index (χ3v) is 4.05. The molecule has 0 spiro atoms. The van der Waals surface area contributed by atoms with Crippen LogP contribution in [-0.2, 0) is 4.79 Å². The van der Waals surface area contributed by atoms with Gasteiger partial charge in [0.2, 0.25) is 5.91 Å². The van der Waals surface area contributed by atoms with Gasteiger partial charge in [-0.3, -0.25) is 9.59 Å². The van der Waals surface area contributed by atoms with E-state index in [4.69, 9.17) is 0 Å². The summed E-state index contributed by atoms with van der Waals surface area (Å²) in [5, 5.41) is 9.23. The van der Waals surface area contributed by atoms with Crippen LogP contribution in [0.15, 0.2) is 17.1 Å². The molecule has 2 N–H and O–H groups in total. The molecule has 1 aromatic heterocycles. The van der Waals surface area contributed by atoms with Crippen LogP contribution in [0.2, 0.25) is 0 Å². The van der Waals surface area contributed by atoms with Gasteiger partial charge in [0.25, 0.3) is 5.56 Å². The first-order chi connectivity index (χ1) is 10.5. The summed E-state index contributed by atoms with van der Waals surface area (Å²) in [5.74, 6) is 1.08. The largest absolute Gasteiger partial charge is 0.370 e. The Kier molecular flexibility index (Phi) is 5.98. The summed E-state index contributed by atoms with van der Waals surface area (Å²) in [7, 11) is 0. The van der Waals surface area contributed by atoms with Crippen molar-refractivity contribution in [3.8, 4) is 0 Å². The van der Waals surface area contributed by atoms with Crippen LogP contribution in [0.4, 0.5) is 5.69 Å². The van der Waals surface area contributed by atoms with E-state index in [2.05, 4.69) is 34.3 Å². The molecular formula is C16H26N4O2. The zero-order valence-electron chi connectivity index (χ0n) is 13.5. The van der Waals surface area contributed by atoms with E-state index in [1.165, 1.54) is 0 Å². The van der Waals surface area contributed by atoms with Crippen LogP contribution in [-0.4, -0.2) is 35.7 Å². The quantitative estimate of drug-likeness (QED) is 0.835. The van der Waals surface area contributed by atoms with Crippen molar-refractivity contribution in [1.29, 1.82) is 0 Å². The van der Waals surface area contributed by atoms with Gasteiger partial charge >= 0.3 is 0 Å². The number of anilines is 1. The molecule has 0 radical (unpaired) electrons. The van der Waals surface area contributed by atoms with Crippen molar-refractivity contribution in [2.75, 3.05) is 24.5 Å². The number of nitrogens with one attached hydrogen (secondary N) is 2. The monoisotopic (exact) mass is 306 g/mol. The highest BCUT2D eigenvalue weighted by molar-refractivity contribution is 5.76. The predicted molar refractivity (Wildman–Crippen MR) is 86.9 cm³/mol. The molecule has 0 saturated carbocycles. The summed E-state index contributed by atoms with van der Waals surface area (Å²) in [5.41, 5.74) is 0.653. The second-order valence-electron chi connectivity index (χ2n) is 6.49. The standard InChI is InChI=1S/C16H26N4O2/c1-12(2)5-6-17-15(21)8-13-4-3-7-20(11-13)14-9-16(22)19-18-10-14/h9-10,12-13H,3-8,11H2,1-2H3,(H,17,21)(H,19,22). The Morgan fingerprint density at radius 2 is 2.36 bits per heavy atom. The van der Waals surface area contributed by atoms with Crippen LogP contribution in [0.5, 0.6) is 0 Å². The Labute approximate surface area is 131 Å². The Balaban J connectivity index is 1.83. The van der Waals surface area contributed by atoms with Crippen LogP contribution >= 0.6 is 0 Å². The molecule has 122 valence electrons. The average Bonchev–Trinajstić information content (AvgIpc) is 2.47. The molecule has 6 heteroatoms. The summed E-state index contributed by atoms with van der Waals surface area (Å²) in [6.45, 7) is 6.78.